The molecule has 2 atom stereocenters. The lowest BCUT2D eigenvalue weighted by Crippen LogP contribution is -2.63. The topological polar surface area (TPSA) is 137 Å². The number of rotatable bonds is 12. The van der Waals surface area contributed by atoms with Gasteiger partial charge in [0.05, 0.1) is 12.4 Å². The van der Waals surface area contributed by atoms with E-state index in [1.54, 1.807) is 6.92 Å². The number of carbonyl (C=O) groups is 2. The molecule has 0 aromatic heterocycles. The van der Waals surface area contributed by atoms with Crippen LogP contribution in [0, 0.1) is 11.7 Å². The Hall–Kier alpha value is -2.44. The number of sulfonamides is 1. The van der Waals surface area contributed by atoms with E-state index in [-0.39, 0.29) is 18.0 Å². The van der Waals surface area contributed by atoms with Gasteiger partial charge >= 0.3 is 12.1 Å². The van der Waals surface area contributed by atoms with Crippen molar-refractivity contribution in [3.8, 4) is 5.75 Å². The number of hydrogen-bond acceptors (Lipinski definition) is 6. The van der Waals surface area contributed by atoms with Crippen molar-refractivity contribution in [2.45, 2.75) is 51.4 Å². The van der Waals surface area contributed by atoms with Crippen LogP contribution in [-0.4, -0.2) is 55.7 Å². The minimum absolute atomic E-state index is 0.116. The van der Waals surface area contributed by atoms with Gasteiger partial charge in [0.1, 0.15) is 0 Å². The SMILES string of the molecule is C[C@@H](NS(=O)(=O)CCCCCN1C(=O)NC(=O)NC1O)c1ccc(F)c(OCC2CC2)c1. The lowest BCUT2D eigenvalue weighted by Gasteiger charge is -2.32. The number of unbranched alkanes of at least 4 members (excludes halogenated alkanes) is 2. The third-order valence-corrected chi connectivity index (χ3v) is 6.87. The minimum Gasteiger partial charge on any atom is -0.490 e. The molecule has 10 nitrogen and oxygen atoms in total. The van der Waals surface area contributed by atoms with Crippen molar-refractivity contribution in [3.63, 3.8) is 0 Å². The number of halogens is 1. The summed E-state index contributed by atoms with van der Waals surface area (Å²) in [5.74, 6) is 0.00658. The molecule has 1 aliphatic carbocycles. The molecule has 1 heterocycles. The van der Waals surface area contributed by atoms with Crippen LogP contribution in [0.2, 0.25) is 0 Å². The number of imide groups is 1. The Labute approximate surface area is 186 Å². The van der Waals surface area contributed by atoms with Gasteiger partial charge in [0.15, 0.2) is 11.6 Å². The van der Waals surface area contributed by atoms with Crippen molar-refractivity contribution in [2.24, 2.45) is 5.92 Å². The average Bonchev–Trinajstić information content (AvgIpc) is 3.52. The van der Waals surface area contributed by atoms with Gasteiger partial charge in [0, 0.05) is 12.6 Å². The first-order valence-corrected chi connectivity index (χ1v) is 12.3. The van der Waals surface area contributed by atoms with Crippen LogP contribution in [0.25, 0.3) is 0 Å². The Morgan fingerprint density at radius 1 is 1.28 bits per heavy atom. The molecule has 4 N–H and O–H groups in total. The lowest BCUT2D eigenvalue weighted by molar-refractivity contribution is 0.00403. The van der Waals surface area contributed by atoms with Gasteiger partial charge in [0.25, 0.3) is 0 Å². The molecule has 2 fully saturated rings. The molecule has 3 rings (SSSR count). The summed E-state index contributed by atoms with van der Waals surface area (Å²) in [7, 11) is -3.59. The maximum absolute atomic E-state index is 14.0. The second-order valence-corrected chi connectivity index (χ2v) is 10.0. The number of hydrogen-bond donors (Lipinski definition) is 4. The number of aliphatic hydroxyl groups excluding tert-OH is 1. The average molecular weight is 473 g/mol. The fourth-order valence-corrected chi connectivity index (χ4v) is 4.65. The van der Waals surface area contributed by atoms with Crippen LogP contribution in [0.5, 0.6) is 5.75 Å². The first-order valence-electron chi connectivity index (χ1n) is 10.6. The first-order chi connectivity index (χ1) is 15.1. The summed E-state index contributed by atoms with van der Waals surface area (Å²) < 4.78 is 46.9. The highest BCUT2D eigenvalue weighted by Crippen LogP contribution is 2.31. The van der Waals surface area contributed by atoms with E-state index >= 15 is 0 Å². The third-order valence-electron chi connectivity index (χ3n) is 5.33. The number of ether oxygens (including phenoxy) is 1. The van der Waals surface area contributed by atoms with E-state index in [9.17, 15) is 27.5 Å². The maximum Gasteiger partial charge on any atom is 0.328 e. The Morgan fingerprint density at radius 2 is 2.03 bits per heavy atom. The standard InChI is InChI=1S/C20H29FN4O6S/c1-13(15-7-8-16(21)17(11-15)31-12-14-5-6-14)24-32(29,30)10-4-2-3-9-25-19(27)22-18(26)23-20(25)28/h7-8,11,13-14,19,24,27H,2-6,9-10,12H2,1H3,(H2,22,23,26,28)/t13-,19?/m1/s1. The van der Waals surface area contributed by atoms with Crippen molar-refractivity contribution < 1.29 is 32.2 Å². The van der Waals surface area contributed by atoms with Crippen molar-refractivity contribution in [1.82, 2.24) is 20.3 Å². The summed E-state index contributed by atoms with van der Waals surface area (Å²) in [5.41, 5.74) is 0.605. The second-order valence-electron chi connectivity index (χ2n) is 8.13. The molecule has 1 unspecified atom stereocenters. The third kappa shape index (κ3) is 7.04. The van der Waals surface area contributed by atoms with E-state index in [1.807, 2.05) is 5.32 Å². The van der Waals surface area contributed by atoms with Crippen LogP contribution in [0.3, 0.4) is 0 Å². The van der Waals surface area contributed by atoms with Crippen LogP contribution in [0.1, 0.15) is 50.6 Å². The molecule has 0 radical (unpaired) electrons. The fraction of sp³-hybridized carbons (Fsp3) is 0.600. The zero-order valence-corrected chi connectivity index (χ0v) is 18.7. The van der Waals surface area contributed by atoms with Gasteiger partial charge in [-0.25, -0.2) is 27.1 Å². The summed E-state index contributed by atoms with van der Waals surface area (Å²) in [6.07, 6.45) is 2.05. The molecule has 0 spiro atoms. The Balaban J connectivity index is 1.42. The predicted octanol–water partition coefficient (Wildman–Crippen LogP) is 1.78. The summed E-state index contributed by atoms with van der Waals surface area (Å²) in [5, 5.41) is 13.9. The second kappa shape index (κ2) is 10.5. The molecule has 12 heteroatoms. The number of urea groups is 2. The van der Waals surface area contributed by atoms with E-state index in [4.69, 9.17) is 4.74 Å². The minimum atomic E-state index is -3.59. The Morgan fingerprint density at radius 3 is 2.72 bits per heavy atom. The molecule has 0 bridgehead atoms. The highest BCUT2D eigenvalue weighted by Gasteiger charge is 2.29. The molecule has 1 aromatic carbocycles. The lowest BCUT2D eigenvalue weighted by atomic mass is 10.1. The molecule has 1 aliphatic heterocycles. The molecule has 1 saturated carbocycles. The van der Waals surface area contributed by atoms with Gasteiger partial charge < -0.3 is 9.84 Å². The molecular weight excluding hydrogens is 443 g/mol. The molecule has 1 saturated heterocycles. The molecule has 32 heavy (non-hydrogen) atoms. The van der Waals surface area contributed by atoms with E-state index in [0.29, 0.717) is 37.4 Å². The van der Waals surface area contributed by atoms with Crippen molar-refractivity contribution in [3.05, 3.63) is 29.6 Å². The number of benzene rings is 1. The highest BCUT2D eigenvalue weighted by atomic mass is 32.2. The summed E-state index contributed by atoms with van der Waals surface area (Å²) >= 11 is 0. The normalized spacial score (nSPS) is 20.0. The maximum atomic E-state index is 14.0. The van der Waals surface area contributed by atoms with Gasteiger partial charge in [-0.15, -0.1) is 0 Å². The summed E-state index contributed by atoms with van der Waals surface area (Å²) in [6.45, 7) is 2.31. The van der Waals surface area contributed by atoms with Crippen molar-refractivity contribution in [1.29, 1.82) is 0 Å². The van der Waals surface area contributed by atoms with Crippen molar-refractivity contribution in [2.75, 3.05) is 18.9 Å². The molecule has 4 amide bonds. The Bertz CT molecular complexity index is 940. The number of nitrogens with zero attached hydrogens (tertiary/aromatic N) is 1. The van der Waals surface area contributed by atoms with Gasteiger partial charge in [-0.3, -0.25) is 15.5 Å². The number of nitrogens with one attached hydrogen (secondary N) is 3. The van der Waals surface area contributed by atoms with Crippen LogP contribution in [-0.2, 0) is 10.0 Å². The smallest absolute Gasteiger partial charge is 0.328 e. The number of aliphatic hydroxyl groups is 1. The number of carbonyl (C=O) groups excluding carboxylic acids is 2. The van der Waals surface area contributed by atoms with Gasteiger partial charge in [0.2, 0.25) is 16.4 Å². The van der Waals surface area contributed by atoms with Gasteiger partial charge in [-0.05, 0) is 56.2 Å². The van der Waals surface area contributed by atoms with E-state index in [1.165, 1.54) is 18.2 Å². The van der Waals surface area contributed by atoms with E-state index in [0.717, 1.165) is 17.7 Å². The predicted molar refractivity (Wildman–Crippen MR) is 114 cm³/mol. The quantitative estimate of drug-likeness (QED) is 0.342. The number of amides is 4. The van der Waals surface area contributed by atoms with E-state index in [2.05, 4.69) is 10.0 Å². The van der Waals surface area contributed by atoms with Crippen LogP contribution in [0.15, 0.2) is 18.2 Å². The van der Waals surface area contributed by atoms with Crippen molar-refractivity contribution >= 4 is 22.1 Å². The van der Waals surface area contributed by atoms with E-state index < -0.39 is 40.3 Å². The highest BCUT2D eigenvalue weighted by molar-refractivity contribution is 7.89. The summed E-state index contributed by atoms with van der Waals surface area (Å²) in [6, 6.07) is 2.30. The van der Waals surface area contributed by atoms with Crippen LogP contribution < -0.4 is 20.1 Å². The van der Waals surface area contributed by atoms with Gasteiger partial charge in [-0.2, -0.15) is 0 Å². The van der Waals surface area contributed by atoms with Crippen LogP contribution >= 0.6 is 0 Å². The molecule has 178 valence electrons. The fourth-order valence-electron chi connectivity index (χ4n) is 3.27. The zero-order chi connectivity index (χ0) is 23.3. The Kier molecular flexibility index (Phi) is 7.91. The van der Waals surface area contributed by atoms with Gasteiger partial charge in [-0.1, -0.05) is 12.5 Å². The molecular formula is C20H29FN4O6S. The summed E-state index contributed by atoms with van der Waals surface area (Å²) in [4.78, 5) is 23.8. The van der Waals surface area contributed by atoms with Crippen LogP contribution in [0.4, 0.5) is 14.0 Å². The first kappa shape index (κ1) is 24.2. The zero-order valence-electron chi connectivity index (χ0n) is 17.8. The monoisotopic (exact) mass is 472 g/mol. The molecule has 2 aliphatic rings. The molecule has 1 aromatic rings. The largest absolute Gasteiger partial charge is 0.490 e.